The van der Waals surface area contributed by atoms with Gasteiger partial charge in [0.2, 0.25) is 5.91 Å². The molecular formula is C11H13N3O. The molecule has 4 nitrogen and oxygen atoms in total. The summed E-state index contributed by atoms with van der Waals surface area (Å²) in [6, 6.07) is 6.08. The van der Waals surface area contributed by atoms with Gasteiger partial charge in [-0.05, 0) is 18.6 Å². The van der Waals surface area contributed by atoms with Crippen LogP contribution in [0.4, 0.5) is 0 Å². The fourth-order valence-electron chi connectivity index (χ4n) is 1.52. The lowest BCUT2D eigenvalue weighted by atomic mass is 10.2. The topological polar surface area (TPSA) is 46.9 Å². The molecule has 1 heterocycles. The molecule has 0 aliphatic rings. The predicted octanol–water partition coefficient (Wildman–Crippen LogP) is 1.09. The third-order valence-electron chi connectivity index (χ3n) is 2.37. The van der Waals surface area contributed by atoms with Gasteiger partial charge in [-0.15, -0.1) is 0 Å². The standard InChI is InChI=1S/C11H13N3O/c1-8-3-4-9-6-13-14(10(9)5-8)7-11(15)12-2/h3-6H,7H2,1-2H3,(H,12,15). The zero-order chi connectivity index (χ0) is 10.8. The largest absolute Gasteiger partial charge is 0.358 e. The van der Waals surface area contributed by atoms with Crippen molar-refractivity contribution in [3.05, 3.63) is 30.0 Å². The number of carbonyl (C=O) groups is 1. The maximum Gasteiger partial charge on any atom is 0.241 e. The third kappa shape index (κ3) is 1.83. The van der Waals surface area contributed by atoms with Crippen LogP contribution in [-0.4, -0.2) is 22.7 Å². The van der Waals surface area contributed by atoms with Gasteiger partial charge in [0.15, 0.2) is 0 Å². The Bertz CT molecular complexity index is 502. The first-order chi connectivity index (χ1) is 7.20. The molecule has 15 heavy (non-hydrogen) atoms. The van der Waals surface area contributed by atoms with Crippen LogP contribution in [0.2, 0.25) is 0 Å². The molecule has 0 aliphatic heterocycles. The molecule has 2 rings (SSSR count). The SMILES string of the molecule is CNC(=O)Cn1ncc2ccc(C)cc21. The van der Waals surface area contributed by atoms with Gasteiger partial charge < -0.3 is 5.32 Å². The number of aryl methyl sites for hydroxylation is 1. The average molecular weight is 203 g/mol. The first kappa shape index (κ1) is 9.71. The number of likely N-dealkylation sites (N-methyl/N-ethyl adjacent to an activating group) is 1. The van der Waals surface area contributed by atoms with E-state index < -0.39 is 0 Å². The van der Waals surface area contributed by atoms with E-state index in [2.05, 4.69) is 10.4 Å². The second-order valence-corrected chi connectivity index (χ2v) is 3.54. The second kappa shape index (κ2) is 3.73. The molecule has 1 N–H and O–H groups in total. The number of rotatable bonds is 2. The lowest BCUT2D eigenvalue weighted by Crippen LogP contribution is -2.23. The molecule has 0 atom stereocenters. The zero-order valence-electron chi connectivity index (χ0n) is 8.82. The van der Waals surface area contributed by atoms with Crippen molar-refractivity contribution in [1.82, 2.24) is 15.1 Å². The van der Waals surface area contributed by atoms with Crippen molar-refractivity contribution in [3.63, 3.8) is 0 Å². The number of benzene rings is 1. The molecule has 0 saturated carbocycles. The number of hydrogen-bond acceptors (Lipinski definition) is 2. The van der Waals surface area contributed by atoms with Crippen LogP contribution in [0.25, 0.3) is 10.9 Å². The summed E-state index contributed by atoms with van der Waals surface area (Å²) >= 11 is 0. The number of hydrogen-bond donors (Lipinski definition) is 1. The number of aromatic nitrogens is 2. The Kier molecular flexibility index (Phi) is 2.41. The van der Waals surface area contributed by atoms with E-state index in [1.165, 1.54) is 5.56 Å². The monoisotopic (exact) mass is 203 g/mol. The van der Waals surface area contributed by atoms with Crippen LogP contribution in [0.15, 0.2) is 24.4 Å². The highest BCUT2D eigenvalue weighted by Crippen LogP contribution is 2.14. The number of nitrogens with zero attached hydrogens (tertiary/aromatic N) is 2. The molecule has 1 aromatic heterocycles. The third-order valence-corrected chi connectivity index (χ3v) is 2.37. The summed E-state index contributed by atoms with van der Waals surface area (Å²) < 4.78 is 1.71. The molecule has 0 spiro atoms. The Morgan fingerprint density at radius 2 is 2.33 bits per heavy atom. The van der Waals surface area contributed by atoms with E-state index >= 15 is 0 Å². The average Bonchev–Trinajstić information content (AvgIpc) is 2.61. The van der Waals surface area contributed by atoms with Gasteiger partial charge in [0.05, 0.1) is 11.7 Å². The Balaban J connectivity index is 2.43. The van der Waals surface area contributed by atoms with Gasteiger partial charge in [-0.3, -0.25) is 9.48 Å². The zero-order valence-corrected chi connectivity index (χ0v) is 8.82. The Labute approximate surface area is 87.9 Å². The first-order valence-corrected chi connectivity index (χ1v) is 4.83. The van der Waals surface area contributed by atoms with E-state index in [-0.39, 0.29) is 12.5 Å². The van der Waals surface area contributed by atoms with Crippen LogP contribution in [0.3, 0.4) is 0 Å². The van der Waals surface area contributed by atoms with Crippen molar-refractivity contribution in [2.75, 3.05) is 7.05 Å². The lowest BCUT2D eigenvalue weighted by Gasteiger charge is -2.02. The summed E-state index contributed by atoms with van der Waals surface area (Å²) in [5.41, 5.74) is 2.17. The molecule has 0 radical (unpaired) electrons. The summed E-state index contributed by atoms with van der Waals surface area (Å²) in [6.07, 6.45) is 1.78. The van der Waals surface area contributed by atoms with E-state index in [1.54, 1.807) is 17.9 Å². The fraction of sp³-hybridized carbons (Fsp3) is 0.273. The summed E-state index contributed by atoms with van der Waals surface area (Å²) in [4.78, 5) is 11.2. The van der Waals surface area contributed by atoms with Crippen LogP contribution in [0.1, 0.15) is 5.56 Å². The van der Waals surface area contributed by atoms with Gasteiger partial charge in [-0.25, -0.2) is 0 Å². The highest BCUT2D eigenvalue weighted by Gasteiger charge is 2.05. The van der Waals surface area contributed by atoms with Gasteiger partial charge >= 0.3 is 0 Å². The summed E-state index contributed by atoms with van der Waals surface area (Å²) in [7, 11) is 1.62. The number of nitrogens with one attached hydrogen (secondary N) is 1. The molecule has 4 heteroatoms. The van der Waals surface area contributed by atoms with E-state index in [0.717, 1.165) is 10.9 Å². The van der Waals surface area contributed by atoms with Crippen molar-refractivity contribution in [2.24, 2.45) is 0 Å². The first-order valence-electron chi connectivity index (χ1n) is 4.83. The van der Waals surface area contributed by atoms with Crippen molar-refractivity contribution < 1.29 is 4.79 Å². The molecule has 0 saturated heterocycles. The summed E-state index contributed by atoms with van der Waals surface area (Å²) in [6.45, 7) is 2.29. The number of fused-ring (bicyclic) bond motifs is 1. The van der Waals surface area contributed by atoms with E-state index in [4.69, 9.17) is 0 Å². The van der Waals surface area contributed by atoms with Crippen LogP contribution < -0.4 is 5.32 Å². The molecule has 0 bridgehead atoms. The van der Waals surface area contributed by atoms with Crippen LogP contribution in [-0.2, 0) is 11.3 Å². The molecule has 0 aliphatic carbocycles. The molecular weight excluding hydrogens is 190 g/mol. The van der Waals surface area contributed by atoms with Crippen molar-refractivity contribution in [1.29, 1.82) is 0 Å². The highest BCUT2D eigenvalue weighted by atomic mass is 16.1. The Hall–Kier alpha value is -1.84. The van der Waals surface area contributed by atoms with Crippen molar-refractivity contribution >= 4 is 16.8 Å². The van der Waals surface area contributed by atoms with Gasteiger partial charge in [-0.2, -0.15) is 5.10 Å². The predicted molar refractivity (Wildman–Crippen MR) is 58.5 cm³/mol. The molecule has 78 valence electrons. The molecule has 2 aromatic rings. The van der Waals surface area contributed by atoms with Crippen LogP contribution in [0, 0.1) is 6.92 Å². The Morgan fingerprint density at radius 3 is 3.07 bits per heavy atom. The van der Waals surface area contributed by atoms with Crippen LogP contribution in [0.5, 0.6) is 0 Å². The maximum atomic E-state index is 11.2. The van der Waals surface area contributed by atoms with Crippen molar-refractivity contribution in [2.45, 2.75) is 13.5 Å². The van der Waals surface area contributed by atoms with Crippen LogP contribution >= 0.6 is 0 Å². The maximum absolute atomic E-state index is 11.2. The van der Waals surface area contributed by atoms with Gasteiger partial charge in [-0.1, -0.05) is 12.1 Å². The number of amides is 1. The quantitative estimate of drug-likeness (QED) is 0.794. The minimum Gasteiger partial charge on any atom is -0.358 e. The van der Waals surface area contributed by atoms with Crippen molar-refractivity contribution in [3.8, 4) is 0 Å². The van der Waals surface area contributed by atoms with E-state index in [1.807, 2.05) is 25.1 Å². The Morgan fingerprint density at radius 1 is 1.53 bits per heavy atom. The van der Waals surface area contributed by atoms with Gasteiger partial charge in [0.25, 0.3) is 0 Å². The second-order valence-electron chi connectivity index (χ2n) is 3.54. The van der Waals surface area contributed by atoms with Gasteiger partial charge in [0.1, 0.15) is 6.54 Å². The fourth-order valence-corrected chi connectivity index (χ4v) is 1.52. The molecule has 1 aromatic carbocycles. The lowest BCUT2D eigenvalue weighted by molar-refractivity contribution is -0.121. The minimum atomic E-state index is -0.0403. The molecule has 1 amide bonds. The van der Waals surface area contributed by atoms with E-state index in [9.17, 15) is 4.79 Å². The highest BCUT2D eigenvalue weighted by molar-refractivity contribution is 5.82. The smallest absolute Gasteiger partial charge is 0.241 e. The summed E-state index contributed by atoms with van der Waals surface area (Å²) in [5.74, 6) is -0.0403. The van der Waals surface area contributed by atoms with Gasteiger partial charge in [0, 0.05) is 12.4 Å². The van der Waals surface area contributed by atoms with E-state index in [0.29, 0.717) is 0 Å². The molecule has 0 fully saturated rings. The minimum absolute atomic E-state index is 0.0403. The molecule has 0 unspecified atom stereocenters. The number of carbonyl (C=O) groups excluding carboxylic acids is 1. The summed E-state index contributed by atoms with van der Waals surface area (Å²) in [5, 5.41) is 7.82. The normalized spacial score (nSPS) is 10.5.